The molecule has 0 aromatic carbocycles. The highest BCUT2D eigenvalue weighted by Gasteiger charge is 2.53. The maximum atomic E-state index is 2.65. The summed E-state index contributed by atoms with van der Waals surface area (Å²) in [7, 11) is 0. The molecule has 4 aliphatic carbocycles. The predicted molar refractivity (Wildman–Crippen MR) is 90.2 cm³/mol. The van der Waals surface area contributed by atoms with E-state index in [1.165, 1.54) is 70.6 Å². The molecule has 0 aromatic heterocycles. The summed E-state index contributed by atoms with van der Waals surface area (Å²) < 4.78 is 0. The highest BCUT2D eigenvalue weighted by Crippen LogP contribution is 2.65. The zero-order chi connectivity index (χ0) is 14.7. The lowest BCUT2D eigenvalue weighted by Gasteiger charge is -2.54. The van der Waals surface area contributed by atoms with E-state index in [9.17, 15) is 0 Å². The zero-order valence-corrected chi connectivity index (χ0v) is 14.5. The van der Waals surface area contributed by atoms with Crippen molar-refractivity contribution in [2.45, 2.75) is 91.4 Å². The summed E-state index contributed by atoms with van der Waals surface area (Å²) in [4.78, 5) is 0. The zero-order valence-electron chi connectivity index (χ0n) is 14.5. The predicted octanol–water partition coefficient (Wildman–Crippen LogP) is 6.51. The van der Waals surface area contributed by atoms with Gasteiger partial charge in [0.2, 0.25) is 0 Å². The first kappa shape index (κ1) is 14.3. The first-order valence-corrected chi connectivity index (χ1v) is 9.82. The van der Waals surface area contributed by atoms with Gasteiger partial charge in [-0.2, -0.15) is 0 Å². The molecule has 0 nitrogen and oxygen atoms in total. The highest BCUT2D eigenvalue weighted by molar-refractivity contribution is 5.34. The third-order valence-electron chi connectivity index (χ3n) is 8.60. The van der Waals surface area contributed by atoms with Crippen LogP contribution in [-0.4, -0.2) is 0 Å². The first-order valence-electron chi connectivity index (χ1n) is 9.82. The van der Waals surface area contributed by atoms with Gasteiger partial charge in [-0.25, -0.2) is 0 Å². The molecule has 0 saturated heterocycles. The lowest BCUT2D eigenvalue weighted by Crippen LogP contribution is -2.43. The Morgan fingerprint density at radius 1 is 0.952 bits per heavy atom. The Morgan fingerprint density at radius 3 is 2.62 bits per heavy atom. The van der Waals surface area contributed by atoms with Crippen molar-refractivity contribution in [2.75, 3.05) is 0 Å². The monoisotopic (exact) mass is 286 g/mol. The van der Waals surface area contributed by atoms with Gasteiger partial charge in [-0.05, 0) is 80.0 Å². The van der Waals surface area contributed by atoms with Gasteiger partial charge in [0.1, 0.15) is 0 Å². The van der Waals surface area contributed by atoms with Crippen molar-refractivity contribution in [1.82, 2.24) is 0 Å². The number of hydrogen-bond donors (Lipinski definition) is 0. The van der Waals surface area contributed by atoms with Gasteiger partial charge in [0.15, 0.2) is 0 Å². The Morgan fingerprint density at radius 2 is 1.81 bits per heavy atom. The van der Waals surface area contributed by atoms with E-state index in [-0.39, 0.29) is 0 Å². The molecule has 0 aliphatic heterocycles. The maximum Gasteiger partial charge on any atom is -0.00852 e. The van der Waals surface area contributed by atoms with E-state index in [0.29, 0.717) is 10.8 Å². The van der Waals surface area contributed by atoms with Gasteiger partial charge in [-0.15, -0.1) is 0 Å². The molecule has 4 rings (SSSR count). The molecule has 0 unspecified atom stereocenters. The van der Waals surface area contributed by atoms with Crippen molar-refractivity contribution in [3.63, 3.8) is 0 Å². The highest BCUT2D eigenvalue weighted by atomic mass is 14.6. The second-order valence-electron chi connectivity index (χ2n) is 9.14. The summed E-state index contributed by atoms with van der Waals surface area (Å²) in [6, 6.07) is 0. The summed E-state index contributed by atoms with van der Waals surface area (Å²) in [5.41, 5.74) is 5.24. The standard InChI is InChI=1S/C21H34/c1-4-15-9-11-18-17-10-8-16-7-5-6-13-20(16,2)19(17)12-14-21(15,18)3/h15-16,18H,4-14H2,1-3H3/t15-,16-,18-,20-,21+/m0/s1. The van der Waals surface area contributed by atoms with Crippen molar-refractivity contribution >= 4 is 0 Å². The van der Waals surface area contributed by atoms with Crippen molar-refractivity contribution in [3.05, 3.63) is 11.1 Å². The van der Waals surface area contributed by atoms with E-state index in [0.717, 1.165) is 17.8 Å². The molecule has 0 amide bonds. The Labute approximate surface area is 131 Å². The minimum absolute atomic E-state index is 0.609. The molecular formula is C21H34. The van der Waals surface area contributed by atoms with Crippen LogP contribution in [0.1, 0.15) is 91.4 Å². The SMILES string of the molecule is CC[C@H]1CC[C@H]2C3=C(CC[C@]12C)[C@@]1(C)CCCC[C@H]1CC3. The molecule has 0 heteroatoms. The second kappa shape index (κ2) is 4.87. The van der Waals surface area contributed by atoms with Crippen molar-refractivity contribution in [3.8, 4) is 0 Å². The van der Waals surface area contributed by atoms with E-state index in [2.05, 4.69) is 20.8 Å². The van der Waals surface area contributed by atoms with Crippen LogP contribution in [0.4, 0.5) is 0 Å². The fraction of sp³-hybridized carbons (Fsp3) is 0.905. The minimum atomic E-state index is 0.609. The Hall–Kier alpha value is -0.260. The van der Waals surface area contributed by atoms with Crippen LogP contribution in [0.25, 0.3) is 0 Å². The normalized spacial score (nSPS) is 49.6. The van der Waals surface area contributed by atoms with Gasteiger partial charge in [0.25, 0.3) is 0 Å². The molecule has 0 radical (unpaired) electrons. The summed E-state index contributed by atoms with van der Waals surface area (Å²) in [6.45, 7) is 7.74. The van der Waals surface area contributed by atoms with Crippen LogP contribution in [0.2, 0.25) is 0 Å². The van der Waals surface area contributed by atoms with Gasteiger partial charge in [-0.1, -0.05) is 51.2 Å². The second-order valence-corrected chi connectivity index (χ2v) is 9.14. The summed E-state index contributed by atoms with van der Waals surface area (Å²) >= 11 is 0. The van der Waals surface area contributed by atoms with E-state index in [4.69, 9.17) is 0 Å². The van der Waals surface area contributed by atoms with Crippen LogP contribution < -0.4 is 0 Å². The van der Waals surface area contributed by atoms with Gasteiger partial charge in [0, 0.05) is 0 Å². The van der Waals surface area contributed by atoms with Gasteiger partial charge < -0.3 is 0 Å². The summed E-state index contributed by atoms with van der Waals surface area (Å²) in [5, 5.41) is 0. The van der Waals surface area contributed by atoms with Crippen molar-refractivity contribution < 1.29 is 0 Å². The van der Waals surface area contributed by atoms with Crippen LogP contribution in [0, 0.1) is 28.6 Å². The molecule has 0 spiro atoms. The molecule has 2 fully saturated rings. The lowest BCUT2D eigenvalue weighted by molar-refractivity contribution is 0.0826. The largest absolute Gasteiger partial charge is 0.0668 e. The van der Waals surface area contributed by atoms with E-state index in [1.807, 2.05) is 11.1 Å². The molecule has 4 aliphatic rings. The van der Waals surface area contributed by atoms with Crippen LogP contribution in [0.15, 0.2) is 11.1 Å². The number of allylic oxidation sites excluding steroid dienone is 2. The molecule has 21 heavy (non-hydrogen) atoms. The molecule has 2 saturated carbocycles. The fourth-order valence-corrected chi connectivity index (χ4v) is 7.27. The summed E-state index contributed by atoms with van der Waals surface area (Å²) in [5.74, 6) is 3.00. The molecule has 5 atom stereocenters. The smallest absolute Gasteiger partial charge is 0.00852 e. The molecule has 0 aromatic rings. The summed E-state index contributed by atoms with van der Waals surface area (Å²) in [6.07, 6.45) is 16.4. The van der Waals surface area contributed by atoms with Crippen LogP contribution >= 0.6 is 0 Å². The molecule has 0 bridgehead atoms. The van der Waals surface area contributed by atoms with E-state index in [1.54, 1.807) is 0 Å². The van der Waals surface area contributed by atoms with Crippen LogP contribution in [-0.2, 0) is 0 Å². The van der Waals surface area contributed by atoms with E-state index < -0.39 is 0 Å². The van der Waals surface area contributed by atoms with Crippen molar-refractivity contribution in [1.29, 1.82) is 0 Å². The average Bonchev–Trinajstić information content (AvgIpc) is 2.83. The van der Waals surface area contributed by atoms with E-state index >= 15 is 0 Å². The third kappa shape index (κ3) is 1.86. The Kier molecular flexibility index (Phi) is 3.32. The first-order chi connectivity index (χ1) is 10.1. The fourth-order valence-electron chi connectivity index (χ4n) is 7.27. The van der Waals surface area contributed by atoms with Crippen LogP contribution in [0.5, 0.6) is 0 Å². The molecular weight excluding hydrogens is 252 g/mol. The minimum Gasteiger partial charge on any atom is -0.0668 e. The Bertz CT molecular complexity index is 459. The molecule has 118 valence electrons. The third-order valence-corrected chi connectivity index (χ3v) is 8.60. The molecule has 0 heterocycles. The maximum absolute atomic E-state index is 2.65. The Balaban J connectivity index is 1.73. The number of rotatable bonds is 1. The number of hydrogen-bond acceptors (Lipinski definition) is 0. The van der Waals surface area contributed by atoms with Gasteiger partial charge in [-0.3, -0.25) is 0 Å². The number of fused-ring (bicyclic) bond motifs is 4. The topological polar surface area (TPSA) is 0 Å². The molecule has 0 N–H and O–H groups in total. The quantitative estimate of drug-likeness (QED) is 0.482. The van der Waals surface area contributed by atoms with Gasteiger partial charge >= 0.3 is 0 Å². The van der Waals surface area contributed by atoms with Crippen molar-refractivity contribution in [2.24, 2.45) is 28.6 Å². The van der Waals surface area contributed by atoms with Gasteiger partial charge in [0.05, 0.1) is 0 Å². The van der Waals surface area contributed by atoms with Crippen LogP contribution in [0.3, 0.4) is 0 Å². The lowest BCUT2D eigenvalue weighted by atomic mass is 9.51. The average molecular weight is 287 g/mol.